The van der Waals surface area contributed by atoms with E-state index in [-0.39, 0.29) is 16.3 Å². The Morgan fingerprint density at radius 3 is 2.40 bits per heavy atom. The molecule has 1 heterocycles. The maximum Gasteiger partial charge on any atom is 0.251 e. The van der Waals surface area contributed by atoms with Gasteiger partial charge in [-0.3, -0.25) is 4.79 Å². The van der Waals surface area contributed by atoms with Crippen molar-refractivity contribution in [2.45, 2.75) is 38.6 Å². The molecule has 0 unspecified atom stereocenters. The number of aromatic nitrogens is 2. The molecule has 1 aromatic heterocycles. The first kappa shape index (κ1) is 19.1. The highest BCUT2D eigenvalue weighted by Crippen LogP contribution is 2.23. The van der Waals surface area contributed by atoms with Crippen LogP contribution in [0.2, 0.25) is 0 Å². The van der Waals surface area contributed by atoms with E-state index in [0.717, 1.165) is 9.87 Å². The molecular formula is C16H22N4O4S. The number of rotatable bonds is 5. The third-order valence-electron chi connectivity index (χ3n) is 3.90. The highest BCUT2D eigenvalue weighted by molar-refractivity contribution is 7.89. The normalized spacial score (nSPS) is 13.1. The van der Waals surface area contributed by atoms with E-state index < -0.39 is 22.0 Å². The Kier molecular flexibility index (Phi) is 5.28. The van der Waals surface area contributed by atoms with Gasteiger partial charge in [0.25, 0.3) is 5.91 Å². The molecule has 1 amide bonds. The van der Waals surface area contributed by atoms with Gasteiger partial charge in [-0.25, -0.2) is 12.7 Å². The molecule has 1 atom stereocenters. The van der Waals surface area contributed by atoms with Crippen molar-refractivity contribution in [2.75, 3.05) is 14.1 Å². The molecule has 25 heavy (non-hydrogen) atoms. The molecule has 2 aromatic rings. The van der Waals surface area contributed by atoms with Crippen LogP contribution in [-0.4, -0.2) is 42.9 Å². The summed E-state index contributed by atoms with van der Waals surface area (Å²) < 4.78 is 31.1. The minimum atomic E-state index is -3.65. The highest BCUT2D eigenvalue weighted by atomic mass is 32.2. The van der Waals surface area contributed by atoms with Gasteiger partial charge in [-0.1, -0.05) is 5.16 Å². The van der Waals surface area contributed by atoms with E-state index in [4.69, 9.17) is 4.52 Å². The zero-order valence-electron chi connectivity index (χ0n) is 15.1. The minimum absolute atomic E-state index is 0.115. The van der Waals surface area contributed by atoms with Crippen molar-refractivity contribution in [3.05, 3.63) is 40.5 Å². The average Bonchev–Trinajstić information content (AvgIpc) is 2.96. The van der Waals surface area contributed by atoms with Crippen molar-refractivity contribution in [2.24, 2.45) is 0 Å². The molecule has 0 bridgehead atoms. The van der Waals surface area contributed by atoms with Crippen molar-refractivity contribution >= 4 is 15.9 Å². The predicted octanol–water partition coefficient (Wildman–Crippen LogP) is 1.74. The molecular weight excluding hydrogens is 344 g/mol. The number of nitrogens with zero attached hydrogens (tertiary/aromatic N) is 3. The lowest BCUT2D eigenvalue weighted by Gasteiger charge is -2.17. The van der Waals surface area contributed by atoms with E-state index in [1.165, 1.54) is 20.2 Å². The van der Waals surface area contributed by atoms with Crippen LogP contribution in [0, 0.1) is 20.8 Å². The summed E-state index contributed by atoms with van der Waals surface area (Å²) in [6.07, 6.45) is 0. The number of carbonyl (C=O) groups is 1. The third-order valence-corrected chi connectivity index (χ3v) is 5.84. The number of nitrogens with one attached hydrogen (secondary N) is 1. The monoisotopic (exact) mass is 366 g/mol. The van der Waals surface area contributed by atoms with Crippen molar-refractivity contribution in [3.63, 3.8) is 0 Å². The summed E-state index contributed by atoms with van der Waals surface area (Å²) in [7, 11) is -0.741. The molecule has 136 valence electrons. The van der Waals surface area contributed by atoms with E-state index in [2.05, 4.69) is 15.5 Å². The van der Waals surface area contributed by atoms with Crippen molar-refractivity contribution < 1.29 is 17.7 Å². The quantitative estimate of drug-likeness (QED) is 0.864. The Labute approximate surface area is 147 Å². The van der Waals surface area contributed by atoms with Gasteiger partial charge in [-0.15, -0.1) is 0 Å². The second-order valence-corrected chi connectivity index (χ2v) is 8.20. The van der Waals surface area contributed by atoms with Crippen molar-refractivity contribution in [3.8, 4) is 0 Å². The largest absolute Gasteiger partial charge is 0.341 e. The molecule has 0 saturated heterocycles. The maximum absolute atomic E-state index is 12.5. The van der Waals surface area contributed by atoms with Crippen LogP contribution in [0.25, 0.3) is 0 Å². The summed E-state index contributed by atoms with van der Waals surface area (Å²) >= 11 is 0. The van der Waals surface area contributed by atoms with Crippen LogP contribution in [0.1, 0.15) is 46.2 Å². The molecule has 0 radical (unpaired) electrons. The standard InChI is InChI=1S/C16H22N4O4S/c1-9-7-13(8-14(10(9)2)25(22,23)20(5)6)15(21)17-11(3)16-18-12(4)19-24-16/h7-8,11H,1-6H3,(H,17,21)/t11-/m0/s1. The first-order valence-electron chi connectivity index (χ1n) is 7.69. The predicted molar refractivity (Wildman–Crippen MR) is 91.7 cm³/mol. The third kappa shape index (κ3) is 3.88. The van der Waals surface area contributed by atoms with Crippen molar-refractivity contribution in [1.82, 2.24) is 19.8 Å². The van der Waals surface area contributed by atoms with E-state index in [1.807, 2.05) is 0 Å². The van der Waals surface area contributed by atoms with Gasteiger partial charge >= 0.3 is 0 Å². The number of carbonyl (C=O) groups excluding carboxylic acids is 1. The van der Waals surface area contributed by atoms with E-state index in [0.29, 0.717) is 11.4 Å². The van der Waals surface area contributed by atoms with E-state index in [1.54, 1.807) is 33.8 Å². The first-order chi connectivity index (χ1) is 11.5. The summed E-state index contributed by atoms with van der Waals surface area (Å²) in [5.41, 5.74) is 1.59. The average molecular weight is 366 g/mol. The molecule has 0 aliphatic rings. The van der Waals surface area contributed by atoms with Gasteiger partial charge in [0.05, 0.1) is 4.90 Å². The van der Waals surface area contributed by atoms with E-state index in [9.17, 15) is 13.2 Å². The SMILES string of the molecule is Cc1noc([C@H](C)NC(=O)c2cc(C)c(C)c(S(=O)(=O)N(C)C)c2)n1. The number of benzene rings is 1. The summed E-state index contributed by atoms with van der Waals surface area (Å²) in [4.78, 5) is 16.7. The smallest absolute Gasteiger partial charge is 0.251 e. The summed E-state index contributed by atoms with van der Waals surface area (Å²) in [6.45, 7) is 6.88. The van der Waals surface area contributed by atoms with Crippen LogP contribution in [0.5, 0.6) is 0 Å². The van der Waals surface area contributed by atoms with Crippen LogP contribution >= 0.6 is 0 Å². The Bertz CT molecular complexity index is 903. The fourth-order valence-electron chi connectivity index (χ4n) is 2.25. The molecule has 9 heteroatoms. The zero-order chi connectivity index (χ0) is 18.9. The van der Waals surface area contributed by atoms with Gasteiger partial charge in [0.2, 0.25) is 15.9 Å². The van der Waals surface area contributed by atoms with Gasteiger partial charge in [-0.2, -0.15) is 4.98 Å². The van der Waals surface area contributed by atoms with Gasteiger partial charge in [0.15, 0.2) is 5.82 Å². The molecule has 8 nitrogen and oxygen atoms in total. The fraction of sp³-hybridized carbons (Fsp3) is 0.438. The number of amides is 1. The zero-order valence-corrected chi connectivity index (χ0v) is 15.9. The lowest BCUT2D eigenvalue weighted by Crippen LogP contribution is -2.28. The Balaban J connectivity index is 2.36. The molecule has 0 aliphatic heterocycles. The minimum Gasteiger partial charge on any atom is -0.341 e. The Hall–Kier alpha value is -2.26. The summed E-state index contributed by atoms with van der Waals surface area (Å²) in [6, 6.07) is 2.55. The number of aryl methyl sites for hydroxylation is 2. The number of hydrogen-bond donors (Lipinski definition) is 1. The maximum atomic E-state index is 12.5. The van der Waals surface area contributed by atoms with Gasteiger partial charge in [-0.05, 0) is 51.0 Å². The molecule has 0 fully saturated rings. The lowest BCUT2D eigenvalue weighted by atomic mass is 10.1. The van der Waals surface area contributed by atoms with Crippen molar-refractivity contribution in [1.29, 1.82) is 0 Å². The second-order valence-electron chi connectivity index (χ2n) is 6.08. The molecule has 1 aromatic carbocycles. The lowest BCUT2D eigenvalue weighted by molar-refractivity contribution is 0.0932. The van der Waals surface area contributed by atoms with Crippen LogP contribution in [0.3, 0.4) is 0 Å². The summed E-state index contributed by atoms with van der Waals surface area (Å²) in [5, 5.41) is 6.42. The number of sulfonamides is 1. The molecule has 0 saturated carbocycles. The highest BCUT2D eigenvalue weighted by Gasteiger charge is 2.24. The Morgan fingerprint density at radius 2 is 1.88 bits per heavy atom. The van der Waals surface area contributed by atoms with Gasteiger partial charge in [0.1, 0.15) is 6.04 Å². The summed E-state index contributed by atoms with van der Waals surface area (Å²) in [5.74, 6) is 0.346. The molecule has 0 aliphatic carbocycles. The van der Waals surface area contributed by atoms with Gasteiger partial charge in [0, 0.05) is 19.7 Å². The van der Waals surface area contributed by atoms with Crippen LogP contribution in [-0.2, 0) is 10.0 Å². The van der Waals surface area contributed by atoms with Gasteiger partial charge < -0.3 is 9.84 Å². The van der Waals surface area contributed by atoms with Crippen LogP contribution in [0.15, 0.2) is 21.6 Å². The second kappa shape index (κ2) is 6.93. The van der Waals surface area contributed by atoms with E-state index >= 15 is 0 Å². The molecule has 2 rings (SSSR count). The Morgan fingerprint density at radius 1 is 1.24 bits per heavy atom. The first-order valence-corrected chi connectivity index (χ1v) is 9.13. The molecule has 1 N–H and O–H groups in total. The topological polar surface area (TPSA) is 105 Å². The van der Waals surface area contributed by atoms with Crippen LogP contribution < -0.4 is 5.32 Å². The number of hydrogen-bond acceptors (Lipinski definition) is 6. The van der Waals surface area contributed by atoms with Crippen LogP contribution in [0.4, 0.5) is 0 Å². The fourth-order valence-corrected chi connectivity index (χ4v) is 3.47. The molecule has 0 spiro atoms.